The van der Waals surface area contributed by atoms with Crippen LogP contribution in [0.3, 0.4) is 0 Å². The molecule has 1 aliphatic rings. The summed E-state index contributed by atoms with van der Waals surface area (Å²) in [6.45, 7) is 6.19. The molecule has 1 amide bonds. The van der Waals surface area contributed by atoms with Crippen molar-refractivity contribution in [3.8, 4) is 5.75 Å². The molecule has 21 heavy (non-hydrogen) atoms. The number of rotatable bonds is 4. The second-order valence-corrected chi connectivity index (χ2v) is 4.54. The number of carbonyl (C=O) groups is 2. The molecule has 0 aromatic heterocycles. The van der Waals surface area contributed by atoms with Gasteiger partial charge in [0.1, 0.15) is 11.7 Å². The number of carbonyl (C=O) groups excluding carboxylic acids is 2. The van der Waals surface area contributed by atoms with Crippen molar-refractivity contribution in [1.29, 1.82) is 0 Å². The van der Waals surface area contributed by atoms with E-state index >= 15 is 0 Å². The molecule has 0 aliphatic carbocycles. The van der Waals surface area contributed by atoms with Gasteiger partial charge in [0, 0.05) is 11.3 Å². The maximum Gasteiger partial charge on any atom is 0.319 e. The lowest BCUT2D eigenvalue weighted by Crippen LogP contribution is -2.17. The number of benzene rings is 1. The molecule has 1 saturated heterocycles. The number of esters is 1. The highest BCUT2D eigenvalue weighted by molar-refractivity contribution is 6.08. The van der Waals surface area contributed by atoms with Gasteiger partial charge in [-0.25, -0.2) is 0 Å². The highest BCUT2D eigenvalue weighted by Gasteiger charge is 2.37. The minimum atomic E-state index is -0.769. The number of nitrogens with one attached hydrogen (secondary N) is 1. The fourth-order valence-corrected chi connectivity index (χ4v) is 2.15. The number of hydrogen-bond donors (Lipinski definition) is 1. The Hall–Kier alpha value is -2.56. The molecule has 1 N–H and O–H groups in total. The molecule has 0 radical (unpaired) electrons. The Morgan fingerprint density at radius 1 is 1.38 bits per heavy atom. The van der Waals surface area contributed by atoms with Crippen molar-refractivity contribution < 1.29 is 19.1 Å². The van der Waals surface area contributed by atoms with Gasteiger partial charge in [0.25, 0.3) is 5.91 Å². The fourth-order valence-electron chi connectivity index (χ4n) is 2.15. The Balaban J connectivity index is 2.30. The first-order valence-electron chi connectivity index (χ1n) is 6.59. The van der Waals surface area contributed by atoms with Gasteiger partial charge in [0.2, 0.25) is 0 Å². The third-order valence-electron chi connectivity index (χ3n) is 3.15. The molecule has 0 bridgehead atoms. The van der Waals surface area contributed by atoms with Crippen molar-refractivity contribution >= 4 is 18.0 Å². The van der Waals surface area contributed by atoms with Crippen LogP contribution < -0.4 is 10.1 Å². The van der Waals surface area contributed by atoms with Gasteiger partial charge in [0.05, 0.1) is 13.7 Å². The van der Waals surface area contributed by atoms with Crippen molar-refractivity contribution in [1.82, 2.24) is 5.32 Å². The lowest BCUT2D eigenvalue weighted by atomic mass is 9.98. The molecule has 1 aromatic carbocycles. The molecule has 0 unspecified atom stereocenters. The van der Waals surface area contributed by atoms with Gasteiger partial charge in [0.15, 0.2) is 0 Å². The van der Waals surface area contributed by atoms with Crippen LogP contribution in [0.4, 0.5) is 0 Å². The SMILES string of the molecule is C=C1NC(=O)/C(=C\c2ccc(OCC)cc2)[C@H]1C(=O)OC. The van der Waals surface area contributed by atoms with E-state index in [-0.39, 0.29) is 5.91 Å². The van der Waals surface area contributed by atoms with Crippen LogP contribution in [0.2, 0.25) is 0 Å². The van der Waals surface area contributed by atoms with E-state index in [9.17, 15) is 9.59 Å². The molecular weight excluding hydrogens is 270 g/mol. The largest absolute Gasteiger partial charge is 0.494 e. The Morgan fingerprint density at radius 2 is 2.05 bits per heavy atom. The Kier molecular flexibility index (Phi) is 4.42. The third-order valence-corrected chi connectivity index (χ3v) is 3.15. The maximum atomic E-state index is 11.9. The van der Waals surface area contributed by atoms with Gasteiger partial charge in [-0.3, -0.25) is 9.59 Å². The highest BCUT2D eigenvalue weighted by Crippen LogP contribution is 2.28. The van der Waals surface area contributed by atoms with Crippen molar-refractivity contribution in [3.63, 3.8) is 0 Å². The minimum Gasteiger partial charge on any atom is -0.494 e. The smallest absolute Gasteiger partial charge is 0.319 e. The molecule has 5 heteroatoms. The van der Waals surface area contributed by atoms with Gasteiger partial charge in [-0.05, 0) is 30.7 Å². The predicted molar refractivity (Wildman–Crippen MR) is 78.4 cm³/mol. The summed E-state index contributed by atoms with van der Waals surface area (Å²) in [4.78, 5) is 23.7. The molecule has 110 valence electrons. The molecule has 5 nitrogen and oxygen atoms in total. The molecule has 1 heterocycles. The lowest BCUT2D eigenvalue weighted by molar-refractivity contribution is -0.142. The number of methoxy groups -OCH3 is 1. The summed E-state index contributed by atoms with van der Waals surface area (Å²) < 4.78 is 10.1. The normalized spacial score (nSPS) is 19.5. The van der Waals surface area contributed by atoms with Crippen LogP contribution in [0, 0.1) is 5.92 Å². The summed E-state index contributed by atoms with van der Waals surface area (Å²) in [6, 6.07) is 7.26. The lowest BCUT2D eigenvalue weighted by Gasteiger charge is -2.08. The second-order valence-electron chi connectivity index (χ2n) is 4.54. The molecule has 1 aliphatic heterocycles. The van der Waals surface area contributed by atoms with Crippen LogP contribution in [0.15, 0.2) is 42.1 Å². The van der Waals surface area contributed by atoms with Crippen molar-refractivity contribution in [2.24, 2.45) is 5.92 Å². The average molecular weight is 287 g/mol. The quantitative estimate of drug-likeness (QED) is 0.678. The standard InChI is InChI=1S/C16H17NO4/c1-4-21-12-7-5-11(6-8-12)9-13-14(16(19)20-3)10(2)17-15(13)18/h5-9,14H,2,4H2,1,3H3,(H,17,18)/b13-9-/t14-/m0/s1. The van der Waals surface area contributed by atoms with Gasteiger partial charge in [-0.15, -0.1) is 0 Å². The fraction of sp³-hybridized carbons (Fsp3) is 0.250. The average Bonchev–Trinajstić information content (AvgIpc) is 2.75. The van der Waals surface area contributed by atoms with Gasteiger partial charge in [-0.1, -0.05) is 18.7 Å². The molecule has 1 fully saturated rings. The van der Waals surface area contributed by atoms with Crippen LogP contribution in [0.25, 0.3) is 6.08 Å². The molecule has 1 aromatic rings. The van der Waals surface area contributed by atoms with E-state index in [0.717, 1.165) is 11.3 Å². The van der Waals surface area contributed by atoms with Crippen LogP contribution in [-0.4, -0.2) is 25.6 Å². The minimum absolute atomic E-state index is 0.329. The first-order chi connectivity index (χ1) is 10.1. The van der Waals surface area contributed by atoms with E-state index in [1.54, 1.807) is 6.08 Å². The number of hydrogen-bond acceptors (Lipinski definition) is 4. The molecule has 0 spiro atoms. The van der Waals surface area contributed by atoms with E-state index in [1.165, 1.54) is 7.11 Å². The van der Waals surface area contributed by atoms with E-state index < -0.39 is 11.9 Å². The molecular formula is C16H17NO4. The van der Waals surface area contributed by atoms with E-state index in [1.807, 2.05) is 31.2 Å². The van der Waals surface area contributed by atoms with E-state index in [2.05, 4.69) is 11.9 Å². The zero-order valence-corrected chi connectivity index (χ0v) is 12.0. The van der Waals surface area contributed by atoms with E-state index in [0.29, 0.717) is 17.9 Å². The topological polar surface area (TPSA) is 64.6 Å². The van der Waals surface area contributed by atoms with Crippen LogP contribution in [0.1, 0.15) is 12.5 Å². The van der Waals surface area contributed by atoms with Crippen molar-refractivity contribution in [2.75, 3.05) is 13.7 Å². The summed E-state index contributed by atoms with van der Waals surface area (Å²) in [7, 11) is 1.28. The zero-order valence-electron chi connectivity index (χ0n) is 12.0. The molecule has 0 saturated carbocycles. The van der Waals surface area contributed by atoms with Crippen LogP contribution in [-0.2, 0) is 14.3 Å². The zero-order chi connectivity index (χ0) is 15.4. The summed E-state index contributed by atoms with van der Waals surface area (Å²) >= 11 is 0. The Bertz CT molecular complexity index is 601. The first kappa shape index (κ1) is 14.8. The van der Waals surface area contributed by atoms with Gasteiger partial charge < -0.3 is 14.8 Å². The second kappa shape index (κ2) is 6.26. The highest BCUT2D eigenvalue weighted by atomic mass is 16.5. The van der Waals surface area contributed by atoms with Crippen molar-refractivity contribution in [3.05, 3.63) is 47.7 Å². The molecule has 1 atom stereocenters. The predicted octanol–water partition coefficient (Wildman–Crippen LogP) is 1.90. The summed E-state index contributed by atoms with van der Waals surface area (Å²) in [5.74, 6) is -0.849. The molecule has 2 rings (SSSR count). The third kappa shape index (κ3) is 3.13. The number of ether oxygens (including phenoxy) is 2. The Labute approximate surface area is 123 Å². The van der Waals surface area contributed by atoms with Crippen LogP contribution >= 0.6 is 0 Å². The van der Waals surface area contributed by atoms with E-state index in [4.69, 9.17) is 9.47 Å². The van der Waals surface area contributed by atoms with Crippen molar-refractivity contribution in [2.45, 2.75) is 6.92 Å². The van der Waals surface area contributed by atoms with Gasteiger partial charge in [-0.2, -0.15) is 0 Å². The summed E-state index contributed by atoms with van der Waals surface area (Å²) in [5, 5.41) is 2.56. The summed E-state index contributed by atoms with van der Waals surface area (Å²) in [5.41, 5.74) is 1.47. The van der Waals surface area contributed by atoms with Crippen LogP contribution in [0.5, 0.6) is 5.75 Å². The monoisotopic (exact) mass is 287 g/mol. The maximum absolute atomic E-state index is 11.9. The number of amides is 1. The Morgan fingerprint density at radius 3 is 2.62 bits per heavy atom. The first-order valence-corrected chi connectivity index (χ1v) is 6.59. The summed E-state index contributed by atoms with van der Waals surface area (Å²) in [6.07, 6.45) is 1.66. The van der Waals surface area contributed by atoms with Gasteiger partial charge >= 0.3 is 5.97 Å².